The molecular formula is C12H11NO4. The predicted octanol–water partition coefficient (Wildman–Crippen LogP) is 0.649. The summed E-state index contributed by atoms with van der Waals surface area (Å²) in [7, 11) is 0. The molecule has 1 aliphatic heterocycles. The van der Waals surface area contributed by atoms with Gasteiger partial charge in [0.05, 0.1) is 0 Å². The monoisotopic (exact) mass is 233 g/mol. The van der Waals surface area contributed by atoms with Gasteiger partial charge in [0.1, 0.15) is 6.04 Å². The second-order valence-corrected chi connectivity index (χ2v) is 3.72. The molecule has 1 aliphatic rings. The highest BCUT2D eigenvalue weighted by atomic mass is 16.6. The van der Waals surface area contributed by atoms with Crippen LogP contribution in [0.3, 0.4) is 0 Å². The van der Waals surface area contributed by atoms with Crippen LogP contribution < -0.4 is 5.32 Å². The van der Waals surface area contributed by atoms with E-state index in [4.69, 9.17) is 0 Å². The van der Waals surface area contributed by atoms with Crippen molar-refractivity contribution in [2.75, 3.05) is 0 Å². The van der Waals surface area contributed by atoms with Crippen LogP contribution in [0, 0.1) is 0 Å². The molecule has 1 amide bonds. The number of amides is 1. The van der Waals surface area contributed by atoms with E-state index in [1.54, 1.807) is 30.3 Å². The maximum absolute atomic E-state index is 11.7. The Labute approximate surface area is 97.8 Å². The van der Waals surface area contributed by atoms with E-state index in [0.29, 0.717) is 5.56 Å². The second-order valence-electron chi connectivity index (χ2n) is 3.72. The third-order valence-corrected chi connectivity index (χ3v) is 2.48. The van der Waals surface area contributed by atoms with E-state index in [2.05, 4.69) is 10.1 Å². The molecule has 1 atom stereocenters. The number of ether oxygens (including phenoxy) is 1. The summed E-state index contributed by atoms with van der Waals surface area (Å²) in [6, 6.07) is 7.82. The highest BCUT2D eigenvalue weighted by Crippen LogP contribution is 2.10. The molecule has 0 aliphatic carbocycles. The maximum Gasteiger partial charge on any atom is 0.336 e. The van der Waals surface area contributed by atoms with Gasteiger partial charge in [-0.2, -0.15) is 0 Å². The van der Waals surface area contributed by atoms with Crippen molar-refractivity contribution in [3.05, 3.63) is 35.9 Å². The Morgan fingerprint density at radius 3 is 2.59 bits per heavy atom. The molecule has 0 saturated carbocycles. The van der Waals surface area contributed by atoms with Crippen LogP contribution in [0.15, 0.2) is 30.3 Å². The summed E-state index contributed by atoms with van der Waals surface area (Å²) in [6.07, 6.45) is 0.432. The van der Waals surface area contributed by atoms with Crippen LogP contribution in [0.2, 0.25) is 0 Å². The van der Waals surface area contributed by atoms with E-state index >= 15 is 0 Å². The lowest BCUT2D eigenvalue weighted by atomic mass is 10.1. The number of cyclic esters (lactones) is 2. The summed E-state index contributed by atoms with van der Waals surface area (Å²) in [4.78, 5) is 33.9. The van der Waals surface area contributed by atoms with Gasteiger partial charge in [-0.25, -0.2) is 4.79 Å². The first-order valence-corrected chi connectivity index (χ1v) is 5.27. The van der Waals surface area contributed by atoms with Gasteiger partial charge in [0.25, 0.3) is 5.91 Å². The largest absolute Gasteiger partial charge is 0.392 e. The van der Waals surface area contributed by atoms with Gasteiger partial charge in [-0.3, -0.25) is 9.59 Å². The fourth-order valence-corrected chi connectivity index (χ4v) is 1.58. The summed E-state index contributed by atoms with van der Waals surface area (Å²) in [5.74, 6) is -1.58. The minimum absolute atomic E-state index is 0.144. The van der Waals surface area contributed by atoms with E-state index < -0.39 is 18.0 Å². The molecule has 17 heavy (non-hydrogen) atoms. The highest BCUT2D eigenvalue weighted by molar-refractivity contribution is 5.99. The molecule has 5 nitrogen and oxygen atoms in total. The smallest absolute Gasteiger partial charge is 0.336 e. The van der Waals surface area contributed by atoms with Gasteiger partial charge >= 0.3 is 11.9 Å². The lowest BCUT2D eigenvalue weighted by molar-refractivity contribution is -0.165. The summed E-state index contributed by atoms with van der Waals surface area (Å²) in [5.41, 5.74) is 0.470. The van der Waals surface area contributed by atoms with Crippen LogP contribution in [0.25, 0.3) is 0 Å². The number of rotatable bonds is 2. The van der Waals surface area contributed by atoms with Crippen molar-refractivity contribution in [2.45, 2.75) is 18.9 Å². The predicted molar refractivity (Wildman–Crippen MR) is 58.0 cm³/mol. The van der Waals surface area contributed by atoms with E-state index in [-0.39, 0.29) is 18.7 Å². The van der Waals surface area contributed by atoms with Crippen LogP contribution in [0.4, 0.5) is 0 Å². The van der Waals surface area contributed by atoms with Crippen LogP contribution in [0.5, 0.6) is 0 Å². The number of esters is 2. The molecule has 0 aromatic heterocycles. The van der Waals surface area contributed by atoms with Crippen LogP contribution in [-0.4, -0.2) is 23.9 Å². The molecule has 0 spiro atoms. The summed E-state index contributed by atoms with van der Waals surface area (Å²) >= 11 is 0. The SMILES string of the molecule is O=C1CCC(NC(=O)c2ccccc2)C(=O)O1. The third kappa shape index (κ3) is 2.69. The molecule has 1 aromatic rings. The molecule has 1 N–H and O–H groups in total. The van der Waals surface area contributed by atoms with Crippen molar-refractivity contribution in [3.63, 3.8) is 0 Å². The zero-order valence-electron chi connectivity index (χ0n) is 9.01. The number of carbonyl (C=O) groups excluding carboxylic acids is 3. The molecule has 1 fully saturated rings. The molecule has 0 bridgehead atoms. The van der Waals surface area contributed by atoms with Crippen molar-refractivity contribution in [3.8, 4) is 0 Å². The standard InChI is InChI=1S/C12H11NO4/c14-10-7-6-9(12(16)17-10)13-11(15)8-4-2-1-3-5-8/h1-5,9H,6-7H2,(H,13,15). The van der Waals surface area contributed by atoms with Gasteiger partial charge in [-0.15, -0.1) is 0 Å². The first-order chi connectivity index (χ1) is 8.16. The van der Waals surface area contributed by atoms with E-state index in [1.807, 2.05) is 0 Å². The van der Waals surface area contributed by atoms with Crippen molar-refractivity contribution >= 4 is 17.8 Å². The van der Waals surface area contributed by atoms with Crippen molar-refractivity contribution < 1.29 is 19.1 Å². The number of hydrogen-bond acceptors (Lipinski definition) is 4. The van der Waals surface area contributed by atoms with Crippen LogP contribution >= 0.6 is 0 Å². The van der Waals surface area contributed by atoms with Gasteiger partial charge in [-0.1, -0.05) is 18.2 Å². The molecule has 2 rings (SSSR count). The number of hydrogen-bond donors (Lipinski definition) is 1. The van der Waals surface area contributed by atoms with E-state index in [0.717, 1.165) is 0 Å². The van der Waals surface area contributed by atoms with Crippen LogP contribution in [0.1, 0.15) is 23.2 Å². The fraction of sp³-hybridized carbons (Fsp3) is 0.250. The molecule has 1 aromatic carbocycles. The minimum atomic E-state index is -0.736. The molecule has 1 unspecified atom stereocenters. The average Bonchev–Trinajstić information content (AvgIpc) is 2.34. The Morgan fingerprint density at radius 1 is 1.24 bits per heavy atom. The van der Waals surface area contributed by atoms with E-state index in [1.165, 1.54) is 0 Å². The van der Waals surface area contributed by atoms with E-state index in [9.17, 15) is 14.4 Å². The molecule has 5 heteroatoms. The Morgan fingerprint density at radius 2 is 1.94 bits per heavy atom. The number of benzene rings is 1. The normalized spacial score (nSPS) is 19.6. The minimum Gasteiger partial charge on any atom is -0.392 e. The summed E-state index contributed by atoms with van der Waals surface area (Å²) in [6.45, 7) is 0. The van der Waals surface area contributed by atoms with Crippen molar-refractivity contribution in [1.29, 1.82) is 0 Å². The maximum atomic E-state index is 11.7. The van der Waals surface area contributed by atoms with Gasteiger partial charge in [-0.05, 0) is 18.6 Å². The first kappa shape index (κ1) is 11.3. The lowest BCUT2D eigenvalue weighted by Crippen LogP contribution is -2.45. The topological polar surface area (TPSA) is 72.5 Å². The van der Waals surface area contributed by atoms with Crippen molar-refractivity contribution in [2.24, 2.45) is 0 Å². The second kappa shape index (κ2) is 4.78. The van der Waals surface area contributed by atoms with Crippen LogP contribution in [-0.2, 0) is 14.3 Å². The van der Waals surface area contributed by atoms with Gasteiger partial charge in [0, 0.05) is 12.0 Å². The van der Waals surface area contributed by atoms with Crippen molar-refractivity contribution in [1.82, 2.24) is 5.32 Å². The quantitative estimate of drug-likeness (QED) is 0.601. The number of carbonyl (C=O) groups is 3. The Bertz CT molecular complexity index is 455. The average molecular weight is 233 g/mol. The molecule has 88 valence electrons. The zero-order chi connectivity index (χ0) is 12.3. The van der Waals surface area contributed by atoms with Gasteiger partial charge in [0.2, 0.25) is 0 Å². The molecule has 1 saturated heterocycles. The summed E-state index contributed by atoms with van der Waals surface area (Å²) < 4.78 is 4.44. The Kier molecular flexibility index (Phi) is 3.18. The first-order valence-electron chi connectivity index (χ1n) is 5.27. The molecule has 1 heterocycles. The molecule has 0 radical (unpaired) electrons. The lowest BCUT2D eigenvalue weighted by Gasteiger charge is -2.20. The Hall–Kier alpha value is -2.17. The number of nitrogens with one attached hydrogen (secondary N) is 1. The van der Waals surface area contributed by atoms with Gasteiger partial charge in [0.15, 0.2) is 0 Å². The zero-order valence-corrected chi connectivity index (χ0v) is 9.01. The fourth-order valence-electron chi connectivity index (χ4n) is 1.58. The summed E-state index contributed by atoms with van der Waals surface area (Å²) in [5, 5.41) is 2.54. The van der Waals surface area contributed by atoms with Gasteiger partial charge < -0.3 is 10.1 Å². The molecular weight excluding hydrogens is 222 g/mol. The highest BCUT2D eigenvalue weighted by Gasteiger charge is 2.30. The Balaban J connectivity index is 2.00. The third-order valence-electron chi connectivity index (χ3n) is 2.48.